The zero-order valence-corrected chi connectivity index (χ0v) is 19.3. The van der Waals surface area contributed by atoms with Crippen LogP contribution >= 0.6 is 0 Å². The van der Waals surface area contributed by atoms with Crippen LogP contribution in [0.5, 0.6) is 0 Å². The summed E-state index contributed by atoms with van der Waals surface area (Å²) in [5.74, 6) is -0.115. The van der Waals surface area contributed by atoms with Crippen LogP contribution in [0.3, 0.4) is 0 Å². The minimum absolute atomic E-state index is 0.0734. The van der Waals surface area contributed by atoms with Gasteiger partial charge in [0, 0.05) is 57.6 Å². The van der Waals surface area contributed by atoms with Crippen molar-refractivity contribution >= 4 is 16.8 Å². The van der Waals surface area contributed by atoms with Crippen molar-refractivity contribution in [2.24, 2.45) is 0 Å². The summed E-state index contributed by atoms with van der Waals surface area (Å²) >= 11 is 0. The van der Waals surface area contributed by atoms with Crippen LogP contribution in [-0.2, 0) is 24.3 Å². The molecule has 4 rings (SSSR count). The van der Waals surface area contributed by atoms with Crippen molar-refractivity contribution in [3.05, 3.63) is 75.2 Å². The third-order valence-corrected chi connectivity index (χ3v) is 6.65. The van der Waals surface area contributed by atoms with E-state index < -0.39 is 5.69 Å². The Labute approximate surface area is 193 Å². The molecule has 0 radical (unpaired) electrons. The van der Waals surface area contributed by atoms with Crippen LogP contribution in [0.2, 0.25) is 0 Å². The summed E-state index contributed by atoms with van der Waals surface area (Å²) in [6, 6.07) is 13.1. The molecule has 0 aliphatic carbocycles. The number of likely N-dealkylation sites (tertiary alicyclic amines) is 1. The number of pyridine rings is 1. The maximum atomic E-state index is 13.1. The Morgan fingerprint density at radius 2 is 1.79 bits per heavy atom. The number of benzene rings is 1. The average molecular weight is 450 g/mol. The third-order valence-electron chi connectivity index (χ3n) is 6.65. The minimum atomic E-state index is -0.438. The van der Waals surface area contributed by atoms with E-state index in [-0.39, 0.29) is 30.6 Å². The number of fused-ring (bicyclic) bond motifs is 1. The average Bonchev–Trinajstić information content (AvgIpc) is 2.86. The van der Waals surface area contributed by atoms with Crippen LogP contribution in [0.1, 0.15) is 25.5 Å². The highest BCUT2D eigenvalue weighted by atomic mass is 16.2. The topological polar surface area (TPSA) is 80.4 Å². The molecule has 0 spiro atoms. The van der Waals surface area contributed by atoms with Gasteiger partial charge in [-0.05, 0) is 44.0 Å². The minimum Gasteiger partial charge on any atom is -0.341 e. The molecule has 0 bridgehead atoms. The van der Waals surface area contributed by atoms with Crippen LogP contribution in [-0.4, -0.2) is 62.5 Å². The summed E-state index contributed by atoms with van der Waals surface area (Å²) in [4.78, 5) is 47.3. The summed E-state index contributed by atoms with van der Waals surface area (Å²) in [5, 5.41) is 0.454. The van der Waals surface area contributed by atoms with Gasteiger partial charge < -0.3 is 9.80 Å². The molecule has 33 heavy (non-hydrogen) atoms. The molecule has 0 unspecified atom stereocenters. The van der Waals surface area contributed by atoms with E-state index in [0.717, 1.165) is 44.6 Å². The van der Waals surface area contributed by atoms with Crippen LogP contribution in [0.25, 0.3) is 10.9 Å². The Morgan fingerprint density at radius 3 is 2.48 bits per heavy atom. The molecule has 0 saturated carbocycles. The third kappa shape index (κ3) is 4.90. The molecule has 1 aliphatic heterocycles. The molecular formula is C25H31N5O3. The first-order chi connectivity index (χ1) is 16.0. The van der Waals surface area contributed by atoms with E-state index in [1.165, 1.54) is 9.13 Å². The van der Waals surface area contributed by atoms with Crippen molar-refractivity contribution in [1.82, 2.24) is 23.9 Å². The second kappa shape index (κ2) is 10.1. The Kier molecular flexibility index (Phi) is 7.03. The SMILES string of the molecule is CCn1c(=O)c2ccccc2n(CC(=O)N(C)C2CCN(CCc3ccccn3)CC2)c1=O. The number of likely N-dealkylation sites (N-methyl/N-ethyl adjacent to an activating group) is 1. The molecular weight excluding hydrogens is 418 g/mol. The largest absolute Gasteiger partial charge is 0.341 e. The van der Waals surface area contributed by atoms with E-state index in [1.54, 1.807) is 36.1 Å². The van der Waals surface area contributed by atoms with Crippen molar-refractivity contribution in [2.75, 3.05) is 26.7 Å². The molecule has 3 heterocycles. The van der Waals surface area contributed by atoms with Crippen molar-refractivity contribution in [2.45, 2.75) is 45.3 Å². The second-order valence-electron chi connectivity index (χ2n) is 8.58. The van der Waals surface area contributed by atoms with E-state index in [9.17, 15) is 14.4 Å². The standard InChI is InChI=1S/C25H31N5O3/c1-3-29-24(32)21-9-4-5-10-22(21)30(25(29)33)18-23(31)27(2)20-12-16-28(17-13-20)15-11-19-8-6-7-14-26-19/h4-10,14,20H,3,11-13,15-18H2,1-2H3. The van der Waals surface area contributed by atoms with Gasteiger partial charge in [0.1, 0.15) is 6.54 Å². The number of nitrogens with zero attached hydrogens (tertiary/aromatic N) is 5. The lowest BCUT2D eigenvalue weighted by atomic mass is 10.0. The van der Waals surface area contributed by atoms with Gasteiger partial charge in [0.2, 0.25) is 5.91 Å². The molecule has 8 heteroatoms. The smallest absolute Gasteiger partial charge is 0.331 e. The number of piperidine rings is 1. The summed E-state index contributed by atoms with van der Waals surface area (Å²) in [7, 11) is 1.82. The number of hydrogen-bond donors (Lipinski definition) is 0. The van der Waals surface area contributed by atoms with Crippen molar-refractivity contribution < 1.29 is 4.79 Å². The molecule has 0 atom stereocenters. The molecule has 3 aromatic rings. The first-order valence-electron chi connectivity index (χ1n) is 11.6. The first kappa shape index (κ1) is 22.9. The van der Waals surface area contributed by atoms with Crippen molar-refractivity contribution in [3.63, 3.8) is 0 Å². The van der Waals surface area contributed by atoms with Gasteiger partial charge in [0.25, 0.3) is 5.56 Å². The predicted molar refractivity (Wildman–Crippen MR) is 128 cm³/mol. The molecule has 0 N–H and O–H groups in total. The lowest BCUT2D eigenvalue weighted by molar-refractivity contribution is -0.133. The first-order valence-corrected chi connectivity index (χ1v) is 11.6. The van der Waals surface area contributed by atoms with Crippen molar-refractivity contribution in [1.29, 1.82) is 0 Å². The maximum Gasteiger partial charge on any atom is 0.331 e. The number of aromatic nitrogens is 3. The molecule has 1 aliphatic rings. The normalized spacial score (nSPS) is 15.1. The molecule has 1 aromatic carbocycles. The van der Waals surface area contributed by atoms with Gasteiger partial charge in [0.15, 0.2) is 0 Å². The lowest BCUT2D eigenvalue weighted by Gasteiger charge is -2.37. The summed E-state index contributed by atoms with van der Waals surface area (Å²) in [5.41, 5.74) is 0.849. The van der Waals surface area contributed by atoms with Gasteiger partial charge in [-0.1, -0.05) is 18.2 Å². The van der Waals surface area contributed by atoms with Gasteiger partial charge in [-0.2, -0.15) is 0 Å². The van der Waals surface area contributed by atoms with Gasteiger partial charge in [-0.3, -0.25) is 23.7 Å². The Morgan fingerprint density at radius 1 is 1.06 bits per heavy atom. The van der Waals surface area contributed by atoms with Crippen molar-refractivity contribution in [3.8, 4) is 0 Å². The molecule has 2 aromatic heterocycles. The molecule has 1 saturated heterocycles. The van der Waals surface area contributed by atoms with Crippen LogP contribution in [0.4, 0.5) is 0 Å². The van der Waals surface area contributed by atoms with E-state index in [2.05, 4.69) is 9.88 Å². The Balaban J connectivity index is 1.41. The number of amides is 1. The lowest BCUT2D eigenvalue weighted by Crippen LogP contribution is -2.48. The zero-order valence-electron chi connectivity index (χ0n) is 19.3. The van der Waals surface area contributed by atoms with Crippen LogP contribution in [0, 0.1) is 0 Å². The quantitative estimate of drug-likeness (QED) is 0.549. The Hall–Kier alpha value is -3.26. The number of carbonyl (C=O) groups excluding carboxylic acids is 1. The van der Waals surface area contributed by atoms with E-state index in [4.69, 9.17) is 0 Å². The fourth-order valence-corrected chi connectivity index (χ4v) is 4.60. The summed E-state index contributed by atoms with van der Waals surface area (Å²) in [6.07, 6.45) is 4.54. The zero-order chi connectivity index (χ0) is 23.4. The van der Waals surface area contributed by atoms with Gasteiger partial charge in [0.05, 0.1) is 10.9 Å². The van der Waals surface area contributed by atoms with E-state index >= 15 is 0 Å². The molecule has 174 valence electrons. The van der Waals surface area contributed by atoms with E-state index in [1.807, 2.05) is 31.4 Å². The molecule has 8 nitrogen and oxygen atoms in total. The summed E-state index contributed by atoms with van der Waals surface area (Å²) in [6.45, 7) is 4.77. The van der Waals surface area contributed by atoms with Crippen LogP contribution in [0.15, 0.2) is 58.3 Å². The number of hydrogen-bond acceptors (Lipinski definition) is 5. The number of para-hydroxylation sites is 1. The van der Waals surface area contributed by atoms with Gasteiger partial charge in [-0.25, -0.2) is 4.79 Å². The Bertz CT molecular complexity index is 1230. The fraction of sp³-hybridized carbons (Fsp3) is 0.440. The highest BCUT2D eigenvalue weighted by molar-refractivity contribution is 5.81. The second-order valence-corrected chi connectivity index (χ2v) is 8.58. The fourth-order valence-electron chi connectivity index (χ4n) is 4.60. The molecule has 1 fully saturated rings. The van der Waals surface area contributed by atoms with E-state index in [0.29, 0.717) is 10.9 Å². The predicted octanol–water partition coefficient (Wildman–Crippen LogP) is 1.74. The monoisotopic (exact) mass is 449 g/mol. The number of rotatable bonds is 7. The maximum absolute atomic E-state index is 13.1. The summed E-state index contributed by atoms with van der Waals surface area (Å²) < 4.78 is 2.62. The highest BCUT2D eigenvalue weighted by Crippen LogP contribution is 2.17. The van der Waals surface area contributed by atoms with Gasteiger partial charge in [-0.15, -0.1) is 0 Å². The van der Waals surface area contributed by atoms with Crippen LogP contribution < -0.4 is 11.2 Å². The number of carbonyl (C=O) groups is 1. The highest BCUT2D eigenvalue weighted by Gasteiger charge is 2.26. The molecule has 1 amide bonds. The van der Waals surface area contributed by atoms with Gasteiger partial charge >= 0.3 is 5.69 Å².